The van der Waals surface area contributed by atoms with Gasteiger partial charge < -0.3 is 14.4 Å². The Kier molecular flexibility index (Phi) is 5.89. The molecule has 7 heteroatoms. The largest absolute Gasteiger partial charge is 0.497 e. The van der Waals surface area contributed by atoms with Crippen LogP contribution in [0.15, 0.2) is 72.8 Å². The fourth-order valence-electron chi connectivity index (χ4n) is 3.66. The monoisotopic (exact) mass is 430 g/mol. The number of amides is 3. The zero-order valence-corrected chi connectivity index (χ0v) is 17.8. The van der Waals surface area contributed by atoms with Gasteiger partial charge in [-0.25, -0.2) is 0 Å². The van der Waals surface area contributed by atoms with Gasteiger partial charge in [0.2, 0.25) is 0 Å². The number of nitrogens with zero attached hydrogens (tertiary/aromatic N) is 2. The standard InChI is InChI=1S/C25H22N2O5/c1-31-19-12-10-18(11-13-19)26(23(28)17-6-5-7-20(16-17)32-2)14-15-27-24(29)21-8-3-4-9-22(21)25(27)30/h3-13,16H,14-15H2,1-2H3. The lowest BCUT2D eigenvalue weighted by Crippen LogP contribution is -2.41. The highest BCUT2D eigenvalue weighted by atomic mass is 16.5. The number of carbonyl (C=O) groups excluding carboxylic acids is 3. The van der Waals surface area contributed by atoms with Gasteiger partial charge in [-0.2, -0.15) is 0 Å². The summed E-state index contributed by atoms with van der Waals surface area (Å²) in [5, 5.41) is 0. The third-order valence-corrected chi connectivity index (χ3v) is 5.37. The first-order valence-electron chi connectivity index (χ1n) is 10.1. The van der Waals surface area contributed by atoms with Gasteiger partial charge in [0.25, 0.3) is 17.7 Å². The van der Waals surface area contributed by atoms with Crippen molar-refractivity contribution in [3.8, 4) is 11.5 Å². The highest BCUT2D eigenvalue weighted by Crippen LogP contribution is 2.25. The van der Waals surface area contributed by atoms with Crippen molar-refractivity contribution in [3.63, 3.8) is 0 Å². The Bertz CT molecular complexity index is 1140. The number of ether oxygens (including phenoxy) is 2. The van der Waals surface area contributed by atoms with Crippen molar-refractivity contribution in [2.24, 2.45) is 0 Å². The van der Waals surface area contributed by atoms with E-state index in [-0.39, 0.29) is 30.8 Å². The van der Waals surface area contributed by atoms with Crippen LogP contribution in [0.1, 0.15) is 31.1 Å². The Balaban J connectivity index is 1.61. The number of hydrogen-bond donors (Lipinski definition) is 0. The summed E-state index contributed by atoms with van der Waals surface area (Å²) >= 11 is 0. The molecule has 0 aromatic heterocycles. The van der Waals surface area contributed by atoms with Crippen LogP contribution >= 0.6 is 0 Å². The van der Waals surface area contributed by atoms with E-state index in [4.69, 9.17) is 9.47 Å². The zero-order valence-electron chi connectivity index (χ0n) is 17.8. The van der Waals surface area contributed by atoms with Crippen molar-refractivity contribution in [1.29, 1.82) is 0 Å². The van der Waals surface area contributed by atoms with Crippen LogP contribution in [-0.2, 0) is 0 Å². The van der Waals surface area contributed by atoms with E-state index in [1.807, 2.05) is 0 Å². The van der Waals surface area contributed by atoms with Crippen LogP contribution in [-0.4, -0.2) is 49.9 Å². The molecule has 3 amide bonds. The summed E-state index contributed by atoms with van der Waals surface area (Å²) in [6.07, 6.45) is 0. The van der Waals surface area contributed by atoms with E-state index in [1.165, 1.54) is 16.9 Å². The molecule has 3 aromatic rings. The highest BCUT2D eigenvalue weighted by molar-refractivity contribution is 6.21. The maximum Gasteiger partial charge on any atom is 0.261 e. The summed E-state index contributed by atoms with van der Waals surface area (Å²) < 4.78 is 10.5. The van der Waals surface area contributed by atoms with Crippen molar-refractivity contribution >= 4 is 23.4 Å². The molecule has 3 aromatic carbocycles. The smallest absolute Gasteiger partial charge is 0.261 e. The first-order valence-corrected chi connectivity index (χ1v) is 10.1. The van der Waals surface area contributed by atoms with Crippen molar-refractivity contribution in [2.45, 2.75) is 0 Å². The summed E-state index contributed by atoms with van der Waals surface area (Å²) in [7, 11) is 3.10. The molecule has 1 aliphatic rings. The number of methoxy groups -OCH3 is 2. The Morgan fingerprint density at radius 1 is 0.812 bits per heavy atom. The second-order valence-corrected chi connectivity index (χ2v) is 7.19. The average molecular weight is 430 g/mol. The van der Waals surface area contributed by atoms with Gasteiger partial charge in [0.1, 0.15) is 11.5 Å². The Hall–Kier alpha value is -4.13. The van der Waals surface area contributed by atoms with Gasteiger partial charge in [-0.1, -0.05) is 18.2 Å². The average Bonchev–Trinajstić information content (AvgIpc) is 3.09. The fourth-order valence-corrected chi connectivity index (χ4v) is 3.66. The van der Waals surface area contributed by atoms with Gasteiger partial charge in [0.15, 0.2) is 0 Å². The highest BCUT2D eigenvalue weighted by Gasteiger charge is 2.35. The molecule has 0 fully saturated rings. The van der Waals surface area contributed by atoms with Gasteiger partial charge in [0.05, 0.1) is 25.3 Å². The molecule has 4 rings (SSSR count). The third-order valence-electron chi connectivity index (χ3n) is 5.37. The van der Waals surface area contributed by atoms with Gasteiger partial charge in [0, 0.05) is 24.3 Å². The predicted molar refractivity (Wildman–Crippen MR) is 119 cm³/mol. The fraction of sp³-hybridized carbons (Fsp3) is 0.160. The molecule has 0 N–H and O–H groups in total. The predicted octanol–water partition coefficient (Wildman–Crippen LogP) is 3.65. The second kappa shape index (κ2) is 8.93. The van der Waals surface area contributed by atoms with E-state index in [9.17, 15) is 14.4 Å². The van der Waals surface area contributed by atoms with Crippen molar-refractivity contribution in [3.05, 3.63) is 89.5 Å². The number of benzene rings is 3. The van der Waals surface area contributed by atoms with Gasteiger partial charge >= 0.3 is 0 Å². The number of imide groups is 1. The van der Waals surface area contributed by atoms with E-state index >= 15 is 0 Å². The summed E-state index contributed by atoms with van der Waals surface area (Å²) in [6, 6.07) is 20.6. The molecule has 0 unspecified atom stereocenters. The van der Waals surface area contributed by atoms with Crippen LogP contribution < -0.4 is 14.4 Å². The maximum atomic E-state index is 13.4. The second-order valence-electron chi connectivity index (χ2n) is 7.19. The molecule has 0 aliphatic carbocycles. The molecule has 0 spiro atoms. The van der Waals surface area contributed by atoms with E-state index in [0.717, 1.165) is 0 Å². The number of carbonyl (C=O) groups is 3. The van der Waals surface area contributed by atoms with Gasteiger partial charge in [-0.05, 0) is 54.6 Å². The van der Waals surface area contributed by atoms with Crippen LogP contribution in [0.25, 0.3) is 0 Å². The van der Waals surface area contributed by atoms with Crippen LogP contribution in [0.5, 0.6) is 11.5 Å². The lowest BCUT2D eigenvalue weighted by Gasteiger charge is -2.25. The molecule has 1 aliphatic heterocycles. The molecule has 0 saturated heterocycles. The van der Waals surface area contributed by atoms with E-state index in [1.54, 1.807) is 79.9 Å². The normalized spacial score (nSPS) is 12.5. The molecule has 162 valence electrons. The van der Waals surface area contributed by atoms with Crippen LogP contribution in [0.3, 0.4) is 0 Å². The minimum Gasteiger partial charge on any atom is -0.497 e. The summed E-state index contributed by atoms with van der Waals surface area (Å²) in [6.45, 7) is 0.196. The maximum absolute atomic E-state index is 13.4. The SMILES string of the molecule is COc1ccc(N(CCN2C(=O)c3ccccc3C2=O)C(=O)c2cccc(OC)c2)cc1. The number of anilines is 1. The topological polar surface area (TPSA) is 76.2 Å². The summed E-state index contributed by atoms with van der Waals surface area (Å²) in [5.74, 6) is 0.239. The summed E-state index contributed by atoms with van der Waals surface area (Å²) in [4.78, 5) is 41.6. The Morgan fingerprint density at radius 3 is 2.03 bits per heavy atom. The molecule has 0 radical (unpaired) electrons. The number of fused-ring (bicyclic) bond motifs is 1. The molecule has 0 atom stereocenters. The van der Waals surface area contributed by atoms with E-state index in [0.29, 0.717) is 33.9 Å². The van der Waals surface area contributed by atoms with Crippen LogP contribution in [0.2, 0.25) is 0 Å². The van der Waals surface area contributed by atoms with Gasteiger partial charge in [-0.15, -0.1) is 0 Å². The van der Waals surface area contributed by atoms with Crippen molar-refractivity contribution in [2.75, 3.05) is 32.2 Å². The van der Waals surface area contributed by atoms with E-state index in [2.05, 4.69) is 0 Å². The quantitative estimate of drug-likeness (QED) is 0.535. The van der Waals surface area contributed by atoms with Crippen molar-refractivity contribution < 1.29 is 23.9 Å². The van der Waals surface area contributed by atoms with Crippen LogP contribution in [0, 0.1) is 0 Å². The minimum absolute atomic E-state index is 0.0636. The van der Waals surface area contributed by atoms with Gasteiger partial charge in [-0.3, -0.25) is 19.3 Å². The molecule has 32 heavy (non-hydrogen) atoms. The number of hydrogen-bond acceptors (Lipinski definition) is 5. The molecular weight excluding hydrogens is 408 g/mol. The molecule has 1 heterocycles. The molecule has 7 nitrogen and oxygen atoms in total. The third kappa shape index (κ3) is 3.92. The lowest BCUT2D eigenvalue weighted by atomic mass is 10.1. The van der Waals surface area contributed by atoms with E-state index < -0.39 is 0 Å². The first-order chi connectivity index (χ1) is 15.5. The first kappa shape index (κ1) is 21.1. The summed E-state index contributed by atoms with van der Waals surface area (Å²) in [5.41, 5.74) is 1.82. The Labute approximate surface area is 185 Å². The minimum atomic E-state index is -0.353. The lowest BCUT2D eigenvalue weighted by molar-refractivity contribution is 0.0654. The molecule has 0 bridgehead atoms. The van der Waals surface area contributed by atoms with Crippen LogP contribution in [0.4, 0.5) is 5.69 Å². The van der Waals surface area contributed by atoms with Crippen molar-refractivity contribution in [1.82, 2.24) is 4.90 Å². The Morgan fingerprint density at radius 2 is 1.44 bits per heavy atom. The zero-order chi connectivity index (χ0) is 22.7. The molecule has 0 saturated carbocycles. The molecular formula is C25H22N2O5. The number of rotatable bonds is 7.